The Labute approximate surface area is 197 Å². The SMILES string of the molecule is CN(C)C/C=C/CNc1cc2c(Nc3ccc(F)c(Cl)c3)ncnc2cc1OC1CCOC1. The second kappa shape index (κ2) is 10.8. The Balaban J connectivity index is 1.64. The first-order valence-corrected chi connectivity index (χ1v) is 11.2. The van der Waals surface area contributed by atoms with E-state index in [2.05, 4.69) is 37.7 Å². The van der Waals surface area contributed by atoms with Gasteiger partial charge in [0.1, 0.15) is 29.8 Å². The summed E-state index contributed by atoms with van der Waals surface area (Å²) in [7, 11) is 4.05. The lowest BCUT2D eigenvalue weighted by Gasteiger charge is -2.18. The molecule has 0 saturated carbocycles. The number of nitrogens with one attached hydrogen (secondary N) is 2. The first-order valence-electron chi connectivity index (χ1n) is 10.8. The molecule has 9 heteroatoms. The van der Waals surface area contributed by atoms with E-state index in [4.69, 9.17) is 21.1 Å². The highest BCUT2D eigenvalue weighted by Crippen LogP contribution is 2.35. The van der Waals surface area contributed by atoms with Gasteiger partial charge in [-0.25, -0.2) is 14.4 Å². The molecule has 0 radical (unpaired) electrons. The Morgan fingerprint density at radius 1 is 1.24 bits per heavy atom. The van der Waals surface area contributed by atoms with Crippen LogP contribution >= 0.6 is 11.6 Å². The molecule has 1 saturated heterocycles. The molecule has 0 spiro atoms. The second-order valence-corrected chi connectivity index (χ2v) is 8.47. The van der Waals surface area contributed by atoms with Gasteiger partial charge in [0.05, 0.1) is 29.4 Å². The number of halogens is 2. The van der Waals surface area contributed by atoms with Gasteiger partial charge in [0.15, 0.2) is 0 Å². The molecule has 1 aliphatic heterocycles. The number of nitrogens with zero attached hydrogens (tertiary/aromatic N) is 3. The third-order valence-corrected chi connectivity index (χ3v) is 5.44. The molecule has 2 heterocycles. The van der Waals surface area contributed by atoms with Crippen LogP contribution in [0.1, 0.15) is 6.42 Å². The van der Waals surface area contributed by atoms with Gasteiger partial charge in [-0.05, 0) is 38.4 Å². The van der Waals surface area contributed by atoms with Crippen LogP contribution in [-0.4, -0.2) is 61.4 Å². The van der Waals surface area contributed by atoms with Gasteiger partial charge >= 0.3 is 0 Å². The molecule has 1 aromatic heterocycles. The molecule has 0 aliphatic carbocycles. The van der Waals surface area contributed by atoms with Crippen LogP contribution in [0.15, 0.2) is 48.8 Å². The Hall–Kier alpha value is -2.94. The quantitative estimate of drug-likeness (QED) is 0.431. The fourth-order valence-corrected chi connectivity index (χ4v) is 3.63. The van der Waals surface area contributed by atoms with Gasteiger partial charge in [-0.15, -0.1) is 0 Å². The summed E-state index contributed by atoms with van der Waals surface area (Å²) in [6, 6.07) is 8.33. The summed E-state index contributed by atoms with van der Waals surface area (Å²) in [5.74, 6) is 0.833. The fourth-order valence-electron chi connectivity index (χ4n) is 3.45. The number of hydrogen-bond acceptors (Lipinski definition) is 7. The zero-order valence-electron chi connectivity index (χ0n) is 18.6. The van der Waals surface area contributed by atoms with Crippen molar-refractivity contribution < 1.29 is 13.9 Å². The lowest BCUT2D eigenvalue weighted by Crippen LogP contribution is -2.17. The molecule has 2 N–H and O–H groups in total. The van der Waals surface area contributed by atoms with E-state index in [0.717, 1.165) is 29.6 Å². The average molecular weight is 472 g/mol. The molecule has 1 fully saturated rings. The topological polar surface area (TPSA) is 71.5 Å². The van der Waals surface area contributed by atoms with E-state index in [1.54, 1.807) is 6.07 Å². The highest BCUT2D eigenvalue weighted by molar-refractivity contribution is 6.31. The van der Waals surface area contributed by atoms with E-state index < -0.39 is 5.82 Å². The summed E-state index contributed by atoms with van der Waals surface area (Å²) >= 11 is 5.93. The van der Waals surface area contributed by atoms with Crippen LogP contribution < -0.4 is 15.4 Å². The van der Waals surface area contributed by atoms with E-state index >= 15 is 0 Å². The van der Waals surface area contributed by atoms with E-state index in [1.165, 1.54) is 18.5 Å². The third kappa shape index (κ3) is 6.10. The monoisotopic (exact) mass is 471 g/mol. The predicted molar refractivity (Wildman–Crippen MR) is 130 cm³/mol. The lowest BCUT2D eigenvalue weighted by atomic mass is 10.1. The lowest BCUT2D eigenvalue weighted by molar-refractivity contribution is 0.142. The molecular formula is C24H27ClFN5O2. The van der Waals surface area contributed by atoms with Gasteiger partial charge < -0.3 is 25.0 Å². The van der Waals surface area contributed by atoms with Crippen molar-refractivity contribution in [2.75, 3.05) is 51.0 Å². The first kappa shape index (κ1) is 23.2. The van der Waals surface area contributed by atoms with E-state index in [9.17, 15) is 4.39 Å². The van der Waals surface area contributed by atoms with Crippen molar-refractivity contribution in [2.45, 2.75) is 12.5 Å². The van der Waals surface area contributed by atoms with Gasteiger partial charge in [0, 0.05) is 36.7 Å². The second-order valence-electron chi connectivity index (χ2n) is 8.06. The molecular weight excluding hydrogens is 445 g/mol. The number of anilines is 3. The van der Waals surface area contributed by atoms with Gasteiger partial charge in [-0.2, -0.15) is 0 Å². The number of fused-ring (bicyclic) bond motifs is 1. The molecule has 33 heavy (non-hydrogen) atoms. The molecule has 0 amide bonds. The Kier molecular flexibility index (Phi) is 7.59. The Morgan fingerprint density at radius 3 is 2.88 bits per heavy atom. The summed E-state index contributed by atoms with van der Waals surface area (Å²) in [6.07, 6.45) is 6.52. The smallest absolute Gasteiger partial charge is 0.145 e. The van der Waals surface area contributed by atoms with Crippen LogP contribution in [0, 0.1) is 5.82 Å². The maximum absolute atomic E-state index is 13.5. The minimum atomic E-state index is -0.471. The average Bonchev–Trinajstić information content (AvgIpc) is 3.29. The number of likely N-dealkylation sites (N-methyl/N-ethyl adjacent to an activating group) is 1. The molecule has 1 aliphatic rings. The molecule has 174 valence electrons. The third-order valence-electron chi connectivity index (χ3n) is 5.15. The molecule has 2 aromatic carbocycles. The Morgan fingerprint density at radius 2 is 2.12 bits per heavy atom. The van der Waals surface area contributed by atoms with Crippen molar-refractivity contribution in [3.8, 4) is 5.75 Å². The standard InChI is InChI=1S/C24H27ClFN5O2/c1-31(2)9-4-3-8-27-22-12-18-21(13-23(22)33-17-7-10-32-14-17)28-15-29-24(18)30-16-5-6-20(26)19(25)11-16/h3-6,11-13,15,17,27H,7-10,14H2,1-2H3,(H,28,29,30)/b4-3+. The fraction of sp³-hybridized carbons (Fsp3) is 0.333. The maximum Gasteiger partial charge on any atom is 0.145 e. The predicted octanol–water partition coefficient (Wildman–Crippen LogP) is 4.86. The maximum atomic E-state index is 13.5. The molecule has 7 nitrogen and oxygen atoms in total. The van der Waals surface area contributed by atoms with Crippen molar-refractivity contribution >= 4 is 39.7 Å². The van der Waals surface area contributed by atoms with Crippen molar-refractivity contribution in [2.24, 2.45) is 0 Å². The van der Waals surface area contributed by atoms with Crippen LogP contribution in [0.3, 0.4) is 0 Å². The number of benzene rings is 2. The van der Waals surface area contributed by atoms with Crippen LogP contribution in [0.5, 0.6) is 5.75 Å². The van der Waals surface area contributed by atoms with Crippen molar-refractivity contribution in [1.29, 1.82) is 0 Å². The van der Waals surface area contributed by atoms with E-state index in [1.807, 2.05) is 26.2 Å². The summed E-state index contributed by atoms with van der Waals surface area (Å²) in [4.78, 5) is 10.9. The van der Waals surface area contributed by atoms with Crippen molar-refractivity contribution in [1.82, 2.24) is 14.9 Å². The normalized spacial score (nSPS) is 16.1. The van der Waals surface area contributed by atoms with Gasteiger partial charge in [0.2, 0.25) is 0 Å². The number of hydrogen-bond donors (Lipinski definition) is 2. The van der Waals surface area contributed by atoms with Gasteiger partial charge in [0.25, 0.3) is 0 Å². The van der Waals surface area contributed by atoms with Crippen LogP contribution in [-0.2, 0) is 4.74 Å². The summed E-state index contributed by atoms with van der Waals surface area (Å²) in [5, 5.41) is 7.49. The summed E-state index contributed by atoms with van der Waals surface area (Å²) in [5.41, 5.74) is 2.19. The van der Waals surface area contributed by atoms with Gasteiger partial charge in [-0.3, -0.25) is 0 Å². The highest BCUT2D eigenvalue weighted by Gasteiger charge is 2.20. The van der Waals surface area contributed by atoms with Crippen LogP contribution in [0.25, 0.3) is 10.9 Å². The van der Waals surface area contributed by atoms with Crippen molar-refractivity contribution in [3.63, 3.8) is 0 Å². The van der Waals surface area contributed by atoms with E-state index in [-0.39, 0.29) is 11.1 Å². The summed E-state index contributed by atoms with van der Waals surface area (Å²) < 4.78 is 25.2. The zero-order valence-corrected chi connectivity index (χ0v) is 19.4. The van der Waals surface area contributed by atoms with E-state index in [0.29, 0.717) is 37.0 Å². The Bertz CT molecular complexity index is 1140. The largest absolute Gasteiger partial charge is 0.486 e. The molecule has 3 aromatic rings. The first-order chi connectivity index (χ1) is 16.0. The molecule has 1 atom stereocenters. The zero-order chi connectivity index (χ0) is 23.2. The number of rotatable bonds is 9. The molecule has 0 bridgehead atoms. The van der Waals surface area contributed by atoms with Gasteiger partial charge in [-0.1, -0.05) is 23.8 Å². The van der Waals surface area contributed by atoms with Crippen molar-refractivity contribution in [3.05, 3.63) is 59.7 Å². The molecule has 1 unspecified atom stereocenters. The van der Waals surface area contributed by atoms with Crippen LogP contribution in [0.4, 0.5) is 21.6 Å². The summed E-state index contributed by atoms with van der Waals surface area (Å²) in [6.45, 7) is 2.78. The number of ether oxygens (including phenoxy) is 2. The molecule has 4 rings (SSSR count). The minimum Gasteiger partial charge on any atom is -0.486 e. The minimum absolute atomic E-state index is 0.00747. The van der Waals surface area contributed by atoms with Crippen LogP contribution in [0.2, 0.25) is 5.02 Å². The highest BCUT2D eigenvalue weighted by atomic mass is 35.5. The number of aromatic nitrogens is 2.